The second-order valence-corrected chi connectivity index (χ2v) is 3.63. The van der Waals surface area contributed by atoms with E-state index in [9.17, 15) is 4.79 Å². The van der Waals surface area contributed by atoms with Gasteiger partial charge in [-0.2, -0.15) is 0 Å². The molecule has 1 aliphatic heterocycles. The number of aliphatic carboxylic acids is 1. The summed E-state index contributed by atoms with van der Waals surface area (Å²) < 4.78 is 5.21. The van der Waals surface area contributed by atoms with Crippen LogP contribution in [-0.2, 0) is 9.53 Å². The zero-order chi connectivity index (χ0) is 9.68. The molecular formula is C9H17NO3. The molecule has 13 heavy (non-hydrogen) atoms. The minimum absolute atomic E-state index is 0.303. The lowest BCUT2D eigenvalue weighted by molar-refractivity contribution is -0.140. The molecule has 0 radical (unpaired) electrons. The van der Waals surface area contributed by atoms with Crippen molar-refractivity contribution in [3.8, 4) is 0 Å². The summed E-state index contributed by atoms with van der Waals surface area (Å²) in [5, 5.41) is 11.8. The summed E-state index contributed by atoms with van der Waals surface area (Å²) >= 11 is 0. The van der Waals surface area contributed by atoms with E-state index in [0.717, 1.165) is 26.2 Å². The van der Waals surface area contributed by atoms with Crippen molar-refractivity contribution in [2.75, 3.05) is 26.3 Å². The van der Waals surface area contributed by atoms with Crippen LogP contribution in [0.3, 0.4) is 0 Å². The predicted molar refractivity (Wildman–Crippen MR) is 48.6 cm³/mol. The van der Waals surface area contributed by atoms with Crippen molar-refractivity contribution < 1.29 is 14.6 Å². The van der Waals surface area contributed by atoms with E-state index in [4.69, 9.17) is 9.84 Å². The highest BCUT2D eigenvalue weighted by Crippen LogP contribution is 2.10. The molecule has 4 heteroatoms. The molecule has 2 atom stereocenters. The molecule has 1 saturated heterocycles. The summed E-state index contributed by atoms with van der Waals surface area (Å²) in [6, 6.07) is 0. The Morgan fingerprint density at radius 2 is 2.54 bits per heavy atom. The van der Waals surface area contributed by atoms with Crippen molar-refractivity contribution in [3.05, 3.63) is 0 Å². The van der Waals surface area contributed by atoms with Gasteiger partial charge in [-0.1, -0.05) is 6.92 Å². The fourth-order valence-corrected chi connectivity index (χ4v) is 1.34. The van der Waals surface area contributed by atoms with E-state index in [0.29, 0.717) is 12.5 Å². The molecular weight excluding hydrogens is 170 g/mol. The molecule has 1 fully saturated rings. The van der Waals surface area contributed by atoms with E-state index in [2.05, 4.69) is 5.32 Å². The van der Waals surface area contributed by atoms with Crippen LogP contribution in [0.15, 0.2) is 0 Å². The van der Waals surface area contributed by atoms with Crippen molar-refractivity contribution in [2.24, 2.45) is 11.8 Å². The molecule has 4 nitrogen and oxygen atoms in total. The van der Waals surface area contributed by atoms with E-state index in [1.165, 1.54) is 0 Å². The summed E-state index contributed by atoms with van der Waals surface area (Å²) in [6.45, 7) is 4.79. The third-order valence-electron chi connectivity index (χ3n) is 2.33. The first-order valence-corrected chi connectivity index (χ1v) is 4.71. The van der Waals surface area contributed by atoms with E-state index < -0.39 is 5.97 Å². The SMILES string of the molecule is CC(CNCC1CCOC1)C(=O)O. The Morgan fingerprint density at radius 1 is 1.77 bits per heavy atom. The first kappa shape index (κ1) is 10.5. The number of carbonyl (C=O) groups is 1. The third kappa shape index (κ3) is 3.74. The Kier molecular flexibility index (Phi) is 4.18. The molecule has 2 N–H and O–H groups in total. The highest BCUT2D eigenvalue weighted by atomic mass is 16.5. The van der Waals surface area contributed by atoms with Gasteiger partial charge in [0.1, 0.15) is 0 Å². The van der Waals surface area contributed by atoms with Gasteiger partial charge in [0.25, 0.3) is 0 Å². The largest absolute Gasteiger partial charge is 0.481 e. The number of ether oxygens (including phenoxy) is 1. The molecule has 0 aromatic heterocycles. The number of carboxylic acids is 1. The second-order valence-electron chi connectivity index (χ2n) is 3.63. The van der Waals surface area contributed by atoms with Crippen molar-refractivity contribution in [1.82, 2.24) is 5.32 Å². The minimum Gasteiger partial charge on any atom is -0.481 e. The van der Waals surface area contributed by atoms with Crippen LogP contribution >= 0.6 is 0 Å². The molecule has 0 aliphatic carbocycles. The first-order chi connectivity index (χ1) is 6.20. The number of hydrogen-bond acceptors (Lipinski definition) is 3. The van der Waals surface area contributed by atoms with Gasteiger partial charge in [-0.25, -0.2) is 0 Å². The summed E-state index contributed by atoms with van der Waals surface area (Å²) in [5.74, 6) is -0.474. The van der Waals surface area contributed by atoms with Gasteiger partial charge in [0.15, 0.2) is 0 Å². The highest BCUT2D eigenvalue weighted by molar-refractivity contribution is 5.69. The van der Waals surface area contributed by atoms with Gasteiger partial charge >= 0.3 is 5.97 Å². The van der Waals surface area contributed by atoms with E-state index in [1.807, 2.05) is 0 Å². The Hall–Kier alpha value is -0.610. The van der Waals surface area contributed by atoms with Gasteiger partial charge < -0.3 is 15.2 Å². The molecule has 2 unspecified atom stereocenters. The van der Waals surface area contributed by atoms with Gasteiger partial charge in [0, 0.05) is 19.7 Å². The zero-order valence-corrected chi connectivity index (χ0v) is 7.95. The standard InChI is InChI=1S/C9H17NO3/c1-7(9(11)12)4-10-5-8-2-3-13-6-8/h7-8,10H,2-6H2,1H3,(H,11,12). The van der Waals surface area contributed by atoms with Crippen LogP contribution in [0.2, 0.25) is 0 Å². The molecule has 76 valence electrons. The van der Waals surface area contributed by atoms with Gasteiger partial charge in [-0.15, -0.1) is 0 Å². The number of rotatable bonds is 5. The van der Waals surface area contributed by atoms with Crippen molar-refractivity contribution in [2.45, 2.75) is 13.3 Å². The van der Waals surface area contributed by atoms with Gasteiger partial charge in [0.2, 0.25) is 0 Å². The van der Waals surface area contributed by atoms with Crippen LogP contribution in [0, 0.1) is 11.8 Å². The monoisotopic (exact) mass is 187 g/mol. The number of nitrogens with one attached hydrogen (secondary N) is 1. The van der Waals surface area contributed by atoms with Crippen molar-refractivity contribution in [3.63, 3.8) is 0 Å². The number of carboxylic acid groups (broad SMARTS) is 1. The smallest absolute Gasteiger partial charge is 0.307 e. The maximum Gasteiger partial charge on any atom is 0.307 e. The van der Waals surface area contributed by atoms with Gasteiger partial charge in [-0.05, 0) is 12.3 Å². The normalized spacial score (nSPS) is 24.5. The van der Waals surface area contributed by atoms with Gasteiger partial charge in [-0.3, -0.25) is 4.79 Å². The molecule has 0 saturated carbocycles. The number of hydrogen-bond donors (Lipinski definition) is 2. The molecule has 0 aromatic carbocycles. The van der Waals surface area contributed by atoms with Gasteiger partial charge in [0.05, 0.1) is 12.5 Å². The van der Waals surface area contributed by atoms with Crippen molar-refractivity contribution in [1.29, 1.82) is 0 Å². The molecule has 1 aliphatic rings. The maximum absolute atomic E-state index is 10.5. The summed E-state index contributed by atoms with van der Waals surface area (Å²) in [5.41, 5.74) is 0. The third-order valence-corrected chi connectivity index (χ3v) is 2.33. The topological polar surface area (TPSA) is 58.6 Å². The lowest BCUT2D eigenvalue weighted by Gasteiger charge is -2.11. The van der Waals surface area contributed by atoms with Crippen LogP contribution in [-0.4, -0.2) is 37.4 Å². The lowest BCUT2D eigenvalue weighted by Crippen LogP contribution is -2.30. The van der Waals surface area contributed by atoms with Crippen LogP contribution in [0.1, 0.15) is 13.3 Å². The maximum atomic E-state index is 10.5. The zero-order valence-electron chi connectivity index (χ0n) is 7.95. The molecule has 1 rings (SSSR count). The van der Waals surface area contributed by atoms with Crippen LogP contribution < -0.4 is 5.32 Å². The average Bonchev–Trinajstić information content (AvgIpc) is 2.56. The molecule has 0 amide bonds. The van der Waals surface area contributed by atoms with Crippen LogP contribution in [0.5, 0.6) is 0 Å². The average molecular weight is 187 g/mol. The Morgan fingerprint density at radius 3 is 3.08 bits per heavy atom. The minimum atomic E-state index is -0.741. The van der Waals surface area contributed by atoms with E-state index in [-0.39, 0.29) is 5.92 Å². The van der Waals surface area contributed by atoms with E-state index >= 15 is 0 Å². The lowest BCUT2D eigenvalue weighted by atomic mass is 10.1. The molecule has 0 bridgehead atoms. The summed E-state index contributed by atoms with van der Waals surface area (Å²) in [7, 11) is 0. The fourth-order valence-electron chi connectivity index (χ4n) is 1.34. The molecule has 1 heterocycles. The highest BCUT2D eigenvalue weighted by Gasteiger charge is 2.16. The Labute approximate surface area is 78.3 Å². The van der Waals surface area contributed by atoms with Crippen LogP contribution in [0.4, 0.5) is 0 Å². The molecule has 0 aromatic rings. The quantitative estimate of drug-likeness (QED) is 0.651. The van der Waals surface area contributed by atoms with E-state index in [1.54, 1.807) is 6.92 Å². The van der Waals surface area contributed by atoms with Crippen molar-refractivity contribution >= 4 is 5.97 Å². The fraction of sp³-hybridized carbons (Fsp3) is 0.889. The summed E-state index contributed by atoms with van der Waals surface area (Å²) in [4.78, 5) is 10.5. The Bertz CT molecular complexity index is 166. The second kappa shape index (κ2) is 5.19. The molecule has 0 spiro atoms. The predicted octanol–water partition coefficient (Wildman–Crippen LogP) is 0.333. The summed E-state index contributed by atoms with van der Waals surface area (Å²) in [6.07, 6.45) is 1.09. The van der Waals surface area contributed by atoms with Crippen LogP contribution in [0.25, 0.3) is 0 Å². The first-order valence-electron chi connectivity index (χ1n) is 4.71. The Balaban J connectivity index is 2.02.